The first-order chi connectivity index (χ1) is 11.8. The molecule has 0 saturated carbocycles. The molecule has 0 aromatic rings. The Hall–Kier alpha value is -1.14. The van der Waals surface area contributed by atoms with Gasteiger partial charge in [-0.15, -0.1) is 0 Å². The first-order valence-corrected chi connectivity index (χ1v) is 9.46. The van der Waals surface area contributed by atoms with Crippen molar-refractivity contribution in [1.29, 1.82) is 0 Å². The third kappa shape index (κ3) is 10.4. The second-order valence-electron chi connectivity index (χ2n) is 7.18. The minimum absolute atomic E-state index is 0.0308. The summed E-state index contributed by atoms with van der Waals surface area (Å²) in [5.41, 5.74) is -0.456. The predicted octanol–water partition coefficient (Wildman–Crippen LogP) is 2.47. The second-order valence-corrected chi connectivity index (χ2v) is 7.18. The van der Waals surface area contributed by atoms with Crippen molar-refractivity contribution in [2.75, 3.05) is 46.9 Å². The first-order valence-electron chi connectivity index (χ1n) is 9.46. The Morgan fingerprint density at radius 2 is 1.80 bits per heavy atom. The van der Waals surface area contributed by atoms with Crippen molar-refractivity contribution in [2.45, 2.75) is 53.4 Å². The fraction of sp³-hybridized carbons (Fsp3) is 0.895. The summed E-state index contributed by atoms with van der Waals surface area (Å²) < 4.78 is 10.6. The van der Waals surface area contributed by atoms with Gasteiger partial charge in [-0.1, -0.05) is 20.8 Å². The van der Waals surface area contributed by atoms with Crippen LogP contribution in [0.15, 0.2) is 0 Å². The largest absolute Gasteiger partial charge is 0.465 e. The van der Waals surface area contributed by atoms with Gasteiger partial charge < -0.3 is 19.7 Å². The zero-order valence-electron chi connectivity index (χ0n) is 17.0. The Labute approximate surface area is 153 Å². The lowest BCUT2D eigenvalue weighted by Crippen LogP contribution is -2.34. The standard InChI is InChI=1S/C19H38N2O4/c1-7-16(3)17(22)24-14-9-11-20-12-10-19(4,8-2)18(23)25-15-13-21(5)6/h16,20H,7-15H2,1-6H3. The first kappa shape index (κ1) is 23.9. The van der Waals surface area contributed by atoms with Crippen LogP contribution in [0.2, 0.25) is 0 Å². The maximum atomic E-state index is 12.3. The molecule has 0 aromatic heterocycles. The molecule has 0 aliphatic heterocycles. The Kier molecular flexibility index (Phi) is 12.5. The Morgan fingerprint density at radius 3 is 2.36 bits per heavy atom. The molecular weight excluding hydrogens is 320 g/mol. The van der Waals surface area contributed by atoms with Crippen molar-refractivity contribution in [3.05, 3.63) is 0 Å². The van der Waals surface area contributed by atoms with E-state index in [1.54, 1.807) is 0 Å². The highest BCUT2D eigenvalue weighted by molar-refractivity contribution is 5.76. The van der Waals surface area contributed by atoms with Crippen LogP contribution in [0.4, 0.5) is 0 Å². The molecule has 148 valence electrons. The quantitative estimate of drug-likeness (QED) is 0.380. The lowest BCUT2D eigenvalue weighted by atomic mass is 9.84. The van der Waals surface area contributed by atoms with Crippen molar-refractivity contribution < 1.29 is 19.1 Å². The van der Waals surface area contributed by atoms with Crippen LogP contribution in [0.5, 0.6) is 0 Å². The van der Waals surface area contributed by atoms with Crippen LogP contribution < -0.4 is 5.32 Å². The molecule has 0 heterocycles. The molecule has 25 heavy (non-hydrogen) atoms. The number of likely N-dealkylation sites (N-methyl/N-ethyl adjacent to an activating group) is 1. The van der Waals surface area contributed by atoms with E-state index in [2.05, 4.69) is 5.32 Å². The summed E-state index contributed by atoms with van der Waals surface area (Å²) in [5.74, 6) is -0.278. The maximum Gasteiger partial charge on any atom is 0.311 e. The Morgan fingerprint density at radius 1 is 1.12 bits per heavy atom. The van der Waals surface area contributed by atoms with Crippen LogP contribution in [0.3, 0.4) is 0 Å². The van der Waals surface area contributed by atoms with Gasteiger partial charge in [0.1, 0.15) is 6.61 Å². The van der Waals surface area contributed by atoms with E-state index < -0.39 is 5.41 Å². The third-order valence-electron chi connectivity index (χ3n) is 4.66. The van der Waals surface area contributed by atoms with Gasteiger partial charge in [-0.3, -0.25) is 9.59 Å². The van der Waals surface area contributed by atoms with E-state index in [4.69, 9.17) is 9.47 Å². The van der Waals surface area contributed by atoms with Gasteiger partial charge in [-0.05, 0) is 59.8 Å². The molecule has 0 fully saturated rings. The molecule has 0 rings (SSSR count). The molecule has 6 heteroatoms. The number of nitrogens with zero attached hydrogens (tertiary/aromatic N) is 1. The SMILES string of the molecule is CCC(C)C(=O)OCCCNCCC(C)(CC)C(=O)OCCN(C)C. The van der Waals surface area contributed by atoms with E-state index in [1.807, 2.05) is 46.7 Å². The van der Waals surface area contributed by atoms with Crippen molar-refractivity contribution in [2.24, 2.45) is 11.3 Å². The molecule has 1 N–H and O–H groups in total. The van der Waals surface area contributed by atoms with Crippen LogP contribution in [0, 0.1) is 11.3 Å². The molecule has 0 aliphatic rings. The van der Waals surface area contributed by atoms with Gasteiger partial charge in [0.15, 0.2) is 0 Å². The number of esters is 2. The highest BCUT2D eigenvalue weighted by atomic mass is 16.5. The van der Waals surface area contributed by atoms with Crippen molar-refractivity contribution in [1.82, 2.24) is 10.2 Å². The van der Waals surface area contributed by atoms with Gasteiger partial charge in [-0.25, -0.2) is 0 Å². The van der Waals surface area contributed by atoms with Gasteiger partial charge >= 0.3 is 11.9 Å². The molecule has 0 bridgehead atoms. The van der Waals surface area contributed by atoms with Gasteiger partial charge in [0, 0.05) is 6.54 Å². The summed E-state index contributed by atoms with van der Waals surface area (Å²) in [5, 5.41) is 3.31. The zero-order valence-corrected chi connectivity index (χ0v) is 17.0. The number of nitrogens with one attached hydrogen (secondary N) is 1. The van der Waals surface area contributed by atoms with E-state index in [-0.39, 0.29) is 17.9 Å². The number of ether oxygens (including phenoxy) is 2. The molecule has 0 aliphatic carbocycles. The average Bonchev–Trinajstić information content (AvgIpc) is 2.59. The lowest BCUT2D eigenvalue weighted by Gasteiger charge is -2.26. The van der Waals surface area contributed by atoms with E-state index >= 15 is 0 Å². The molecule has 2 unspecified atom stereocenters. The van der Waals surface area contributed by atoms with Crippen LogP contribution >= 0.6 is 0 Å². The molecule has 2 atom stereocenters. The van der Waals surface area contributed by atoms with Gasteiger partial charge in [-0.2, -0.15) is 0 Å². The third-order valence-corrected chi connectivity index (χ3v) is 4.66. The van der Waals surface area contributed by atoms with Crippen molar-refractivity contribution in [3.8, 4) is 0 Å². The predicted molar refractivity (Wildman–Crippen MR) is 100 cm³/mol. The molecule has 0 amide bonds. The molecule has 0 saturated heterocycles. The van der Waals surface area contributed by atoms with Gasteiger partial charge in [0.05, 0.1) is 17.9 Å². The molecule has 6 nitrogen and oxygen atoms in total. The fourth-order valence-corrected chi connectivity index (χ4v) is 2.09. The number of carbonyl (C=O) groups excluding carboxylic acids is 2. The minimum atomic E-state index is -0.456. The second kappa shape index (κ2) is 13.1. The van der Waals surface area contributed by atoms with E-state index in [1.165, 1.54) is 0 Å². The number of hydrogen-bond donors (Lipinski definition) is 1. The van der Waals surface area contributed by atoms with Crippen LogP contribution in [0.25, 0.3) is 0 Å². The topological polar surface area (TPSA) is 67.9 Å². The molecular formula is C19H38N2O4. The summed E-state index contributed by atoms with van der Waals surface area (Å²) in [6.45, 7) is 10.9. The van der Waals surface area contributed by atoms with E-state index in [9.17, 15) is 9.59 Å². The Bertz CT molecular complexity index is 388. The number of rotatable bonds is 14. The normalized spacial score (nSPS) is 14.8. The molecule has 0 radical (unpaired) electrons. The summed E-state index contributed by atoms with van der Waals surface area (Å²) in [6, 6.07) is 0. The van der Waals surface area contributed by atoms with Crippen LogP contribution in [-0.4, -0.2) is 63.8 Å². The zero-order chi connectivity index (χ0) is 19.3. The van der Waals surface area contributed by atoms with E-state index in [0.29, 0.717) is 13.2 Å². The number of carbonyl (C=O) groups is 2. The van der Waals surface area contributed by atoms with Gasteiger partial charge in [0.2, 0.25) is 0 Å². The monoisotopic (exact) mass is 358 g/mol. The molecule has 0 spiro atoms. The lowest BCUT2D eigenvalue weighted by molar-refractivity contribution is -0.156. The smallest absolute Gasteiger partial charge is 0.311 e. The van der Waals surface area contributed by atoms with Crippen molar-refractivity contribution >= 4 is 11.9 Å². The van der Waals surface area contributed by atoms with Crippen LogP contribution in [-0.2, 0) is 19.1 Å². The Balaban J connectivity index is 3.91. The summed E-state index contributed by atoms with van der Waals surface area (Å²) in [7, 11) is 3.91. The average molecular weight is 359 g/mol. The number of hydrogen-bond acceptors (Lipinski definition) is 6. The minimum Gasteiger partial charge on any atom is -0.465 e. The summed E-state index contributed by atoms with van der Waals surface area (Å²) in [4.78, 5) is 25.8. The fourth-order valence-electron chi connectivity index (χ4n) is 2.09. The maximum absolute atomic E-state index is 12.3. The van der Waals surface area contributed by atoms with Gasteiger partial charge in [0.25, 0.3) is 0 Å². The summed E-state index contributed by atoms with van der Waals surface area (Å²) >= 11 is 0. The van der Waals surface area contributed by atoms with Crippen molar-refractivity contribution in [3.63, 3.8) is 0 Å². The molecule has 0 aromatic carbocycles. The highest BCUT2D eigenvalue weighted by Crippen LogP contribution is 2.27. The highest BCUT2D eigenvalue weighted by Gasteiger charge is 2.32. The van der Waals surface area contributed by atoms with E-state index in [0.717, 1.165) is 45.3 Å². The summed E-state index contributed by atoms with van der Waals surface area (Å²) in [6.07, 6.45) is 3.06. The van der Waals surface area contributed by atoms with Crippen LogP contribution in [0.1, 0.15) is 53.4 Å².